The number of hydrogen-bond acceptors (Lipinski definition) is 7. The van der Waals surface area contributed by atoms with E-state index in [0.29, 0.717) is 25.0 Å². The molecule has 2 heterocycles. The number of benzene rings is 1. The second-order valence-electron chi connectivity index (χ2n) is 10.4. The SMILES string of the molecule is C/C=C(\C=C/C(C)C)N1C2=CC(=NC(CC)CCOC)C(NC3=C(OC)N=CCC=C3)=CC2=NCc2ccccc21. The van der Waals surface area contributed by atoms with Crippen molar-refractivity contribution in [3.05, 3.63) is 101 Å². The van der Waals surface area contributed by atoms with Crippen LogP contribution in [0.3, 0.4) is 0 Å². The van der Waals surface area contributed by atoms with E-state index in [2.05, 4.69) is 104 Å². The van der Waals surface area contributed by atoms with Crippen molar-refractivity contribution < 1.29 is 9.47 Å². The number of fused-ring (bicyclic) bond motifs is 2. The van der Waals surface area contributed by atoms with Crippen LogP contribution in [0.4, 0.5) is 5.69 Å². The van der Waals surface area contributed by atoms with Gasteiger partial charge in [0.1, 0.15) is 5.70 Å². The van der Waals surface area contributed by atoms with Gasteiger partial charge in [-0.2, -0.15) is 0 Å². The lowest BCUT2D eigenvalue weighted by molar-refractivity contribution is 0.187. The molecule has 0 spiro atoms. The monoisotopic (exact) mass is 553 g/mol. The number of nitrogens with zero attached hydrogens (tertiary/aromatic N) is 4. The summed E-state index contributed by atoms with van der Waals surface area (Å²) in [6.45, 7) is 9.88. The quantitative estimate of drug-likeness (QED) is 0.236. The van der Waals surface area contributed by atoms with Crippen LogP contribution in [0.2, 0.25) is 0 Å². The number of anilines is 1. The Morgan fingerprint density at radius 3 is 2.76 bits per heavy atom. The van der Waals surface area contributed by atoms with Gasteiger partial charge < -0.3 is 19.7 Å². The van der Waals surface area contributed by atoms with Crippen molar-refractivity contribution in [1.29, 1.82) is 0 Å². The molecule has 0 amide bonds. The topological polar surface area (TPSA) is 70.8 Å². The molecule has 0 saturated carbocycles. The number of para-hydroxylation sites is 1. The smallest absolute Gasteiger partial charge is 0.237 e. The van der Waals surface area contributed by atoms with Gasteiger partial charge in [-0.1, -0.05) is 57.2 Å². The van der Waals surface area contributed by atoms with E-state index in [1.807, 2.05) is 12.3 Å². The number of hydrogen-bond donors (Lipinski definition) is 1. The van der Waals surface area contributed by atoms with Crippen LogP contribution < -0.4 is 10.2 Å². The lowest BCUT2D eigenvalue weighted by atomic mass is 10.0. The molecular formula is C34H43N5O2. The van der Waals surface area contributed by atoms with Gasteiger partial charge in [0, 0.05) is 32.0 Å². The molecule has 3 aliphatic rings. The highest BCUT2D eigenvalue weighted by Gasteiger charge is 2.29. The maximum absolute atomic E-state index is 5.61. The largest absolute Gasteiger partial charge is 0.480 e. The van der Waals surface area contributed by atoms with E-state index in [1.54, 1.807) is 14.2 Å². The molecule has 0 saturated heterocycles. The third kappa shape index (κ3) is 7.41. The van der Waals surface area contributed by atoms with Gasteiger partial charge in [-0.25, -0.2) is 4.99 Å². The van der Waals surface area contributed by atoms with Crippen molar-refractivity contribution >= 4 is 23.3 Å². The Morgan fingerprint density at radius 2 is 2.02 bits per heavy atom. The Hall–Kier alpha value is -3.97. The first-order chi connectivity index (χ1) is 20.0. The number of methoxy groups -OCH3 is 2. The third-order valence-electron chi connectivity index (χ3n) is 7.07. The zero-order valence-corrected chi connectivity index (χ0v) is 25.2. The van der Waals surface area contributed by atoms with Gasteiger partial charge in [-0.05, 0) is 61.6 Å². The highest BCUT2D eigenvalue weighted by Crippen LogP contribution is 2.35. The predicted molar refractivity (Wildman–Crippen MR) is 171 cm³/mol. The molecule has 1 aromatic rings. The Labute approximate surface area is 245 Å². The van der Waals surface area contributed by atoms with Crippen molar-refractivity contribution in [2.45, 2.75) is 59.5 Å². The van der Waals surface area contributed by atoms with Crippen molar-refractivity contribution in [2.24, 2.45) is 20.9 Å². The van der Waals surface area contributed by atoms with Gasteiger partial charge in [-0.3, -0.25) is 9.98 Å². The second kappa shape index (κ2) is 14.6. The first-order valence-electron chi connectivity index (χ1n) is 14.5. The minimum Gasteiger partial charge on any atom is -0.480 e. The molecule has 1 N–H and O–H groups in total. The second-order valence-corrected chi connectivity index (χ2v) is 10.4. The lowest BCUT2D eigenvalue weighted by Gasteiger charge is -2.31. The van der Waals surface area contributed by atoms with Crippen molar-refractivity contribution in [3.63, 3.8) is 0 Å². The van der Waals surface area contributed by atoms with Crippen LogP contribution in [0.5, 0.6) is 0 Å². The number of allylic oxidation sites excluding steroid dienone is 7. The molecule has 41 heavy (non-hydrogen) atoms. The summed E-state index contributed by atoms with van der Waals surface area (Å²) in [6, 6.07) is 8.61. The highest BCUT2D eigenvalue weighted by atomic mass is 16.5. The van der Waals surface area contributed by atoms with Crippen LogP contribution in [0, 0.1) is 5.92 Å². The minimum atomic E-state index is 0.109. The average molecular weight is 554 g/mol. The van der Waals surface area contributed by atoms with Crippen LogP contribution in [-0.2, 0) is 16.0 Å². The van der Waals surface area contributed by atoms with E-state index in [9.17, 15) is 0 Å². The molecule has 7 nitrogen and oxygen atoms in total. The highest BCUT2D eigenvalue weighted by molar-refractivity contribution is 6.25. The Kier molecular flexibility index (Phi) is 10.7. The van der Waals surface area contributed by atoms with Crippen LogP contribution >= 0.6 is 0 Å². The molecule has 0 bridgehead atoms. The van der Waals surface area contributed by atoms with Crippen LogP contribution in [-0.4, -0.2) is 44.5 Å². The standard InChI is InChI=1S/C34H43N5O2/c1-7-26(18-20-40-5)37-30-22-33-31(21-29(30)38-28-14-11-12-19-35-34(28)41-6)36-23-25-13-9-10-15-32(25)39(33)27(8-2)17-16-24(3)4/h8-11,13-17,19,21-22,24,26,38H,7,12,18,20,23H2,1-6H3/b17-16-,27-8+,37-30?. The molecule has 1 aromatic carbocycles. The molecule has 0 aromatic heterocycles. The first kappa shape index (κ1) is 30.0. The van der Waals surface area contributed by atoms with Crippen LogP contribution in [0.1, 0.15) is 52.5 Å². The van der Waals surface area contributed by atoms with E-state index in [0.717, 1.165) is 59.2 Å². The minimum absolute atomic E-state index is 0.109. The summed E-state index contributed by atoms with van der Waals surface area (Å²) in [4.78, 5) is 17.2. The van der Waals surface area contributed by atoms with E-state index >= 15 is 0 Å². The van der Waals surface area contributed by atoms with Crippen molar-refractivity contribution in [3.8, 4) is 0 Å². The summed E-state index contributed by atoms with van der Waals surface area (Å²) < 4.78 is 11.0. The zero-order chi connectivity index (χ0) is 29.2. The first-order valence-corrected chi connectivity index (χ1v) is 14.5. The van der Waals surface area contributed by atoms with Crippen LogP contribution in [0.15, 0.2) is 110 Å². The number of nitrogens with one attached hydrogen (secondary N) is 1. The van der Waals surface area contributed by atoms with E-state index < -0.39 is 0 Å². The fourth-order valence-electron chi connectivity index (χ4n) is 4.85. The third-order valence-corrected chi connectivity index (χ3v) is 7.07. The summed E-state index contributed by atoms with van der Waals surface area (Å²) in [5, 5.41) is 3.59. The van der Waals surface area contributed by atoms with Gasteiger partial charge in [0.25, 0.3) is 0 Å². The van der Waals surface area contributed by atoms with Crippen molar-refractivity contribution in [1.82, 2.24) is 5.32 Å². The molecule has 1 unspecified atom stereocenters. The fourth-order valence-corrected chi connectivity index (χ4v) is 4.85. The average Bonchev–Trinajstić information content (AvgIpc) is 3.30. The number of ether oxygens (including phenoxy) is 2. The predicted octanol–water partition coefficient (Wildman–Crippen LogP) is 7.04. The van der Waals surface area contributed by atoms with E-state index in [4.69, 9.17) is 19.5 Å². The normalized spacial score (nSPS) is 19.0. The molecule has 1 atom stereocenters. The molecule has 216 valence electrons. The molecular weight excluding hydrogens is 510 g/mol. The summed E-state index contributed by atoms with van der Waals surface area (Å²) in [5.41, 5.74) is 7.78. The summed E-state index contributed by atoms with van der Waals surface area (Å²) in [6.07, 6.45) is 19.3. The summed E-state index contributed by atoms with van der Waals surface area (Å²) in [7, 11) is 3.38. The van der Waals surface area contributed by atoms with Crippen LogP contribution in [0.25, 0.3) is 0 Å². The van der Waals surface area contributed by atoms with Gasteiger partial charge >= 0.3 is 0 Å². The Morgan fingerprint density at radius 1 is 1.20 bits per heavy atom. The number of rotatable bonds is 11. The molecule has 0 radical (unpaired) electrons. The van der Waals surface area contributed by atoms with E-state index in [1.165, 1.54) is 5.56 Å². The Balaban J connectivity index is 1.89. The molecule has 0 fully saturated rings. The summed E-state index contributed by atoms with van der Waals surface area (Å²) >= 11 is 0. The molecule has 4 rings (SSSR count). The van der Waals surface area contributed by atoms with Crippen molar-refractivity contribution in [2.75, 3.05) is 25.7 Å². The zero-order valence-electron chi connectivity index (χ0n) is 25.2. The molecule has 1 aliphatic carbocycles. The van der Waals surface area contributed by atoms with Gasteiger partial charge in [0.15, 0.2) is 0 Å². The van der Waals surface area contributed by atoms with E-state index in [-0.39, 0.29) is 6.04 Å². The molecule has 7 heteroatoms. The van der Waals surface area contributed by atoms with Gasteiger partial charge in [0.05, 0.1) is 48.2 Å². The maximum atomic E-state index is 5.61. The maximum Gasteiger partial charge on any atom is 0.237 e. The lowest BCUT2D eigenvalue weighted by Crippen LogP contribution is -2.32. The molecule has 2 aliphatic heterocycles. The number of aliphatic imine (C=N–C) groups is 3. The summed E-state index contributed by atoms with van der Waals surface area (Å²) in [5.74, 6) is 0.963. The fraction of sp³-hybridized carbons (Fsp3) is 0.382. The van der Waals surface area contributed by atoms with Gasteiger partial charge in [-0.15, -0.1) is 0 Å². The Bertz CT molecular complexity index is 1370. The van der Waals surface area contributed by atoms with Gasteiger partial charge in [0.2, 0.25) is 5.88 Å².